The van der Waals surface area contributed by atoms with Crippen LogP contribution in [0.4, 0.5) is 0 Å². The summed E-state index contributed by atoms with van der Waals surface area (Å²) in [5.41, 5.74) is 0. The van der Waals surface area contributed by atoms with Gasteiger partial charge in [-0.15, -0.1) is 0 Å². The molecule has 10 heavy (non-hydrogen) atoms. The van der Waals surface area contributed by atoms with Crippen molar-refractivity contribution in [2.45, 2.75) is 6.92 Å². The van der Waals surface area contributed by atoms with E-state index in [9.17, 15) is 8.42 Å². The van der Waals surface area contributed by atoms with Crippen LogP contribution >= 0.6 is 0 Å². The molecule has 0 atom stereocenters. The standard InChI is InChI=1S/C4H9N3O2S/c1-2-6-10(8,9)7-4-3-5/h6-7H,2,4H2,1H3. The van der Waals surface area contributed by atoms with Gasteiger partial charge in [0.2, 0.25) is 0 Å². The average molecular weight is 163 g/mol. The Kier molecular flexibility index (Phi) is 3.95. The van der Waals surface area contributed by atoms with Crippen LogP contribution in [0, 0.1) is 11.3 Å². The SMILES string of the molecule is CCNS(=O)(=O)NCC#N. The molecule has 0 spiro atoms. The van der Waals surface area contributed by atoms with Crippen molar-refractivity contribution >= 4 is 10.2 Å². The molecule has 0 aromatic carbocycles. The van der Waals surface area contributed by atoms with E-state index in [1.165, 1.54) is 0 Å². The predicted molar refractivity (Wildman–Crippen MR) is 36.2 cm³/mol. The van der Waals surface area contributed by atoms with E-state index in [1.807, 2.05) is 4.72 Å². The summed E-state index contributed by atoms with van der Waals surface area (Å²) in [5, 5.41) is 7.99. The summed E-state index contributed by atoms with van der Waals surface area (Å²) in [6, 6.07) is 1.65. The quantitative estimate of drug-likeness (QED) is 0.519. The van der Waals surface area contributed by atoms with Crippen molar-refractivity contribution in [1.29, 1.82) is 5.26 Å². The van der Waals surface area contributed by atoms with Crippen molar-refractivity contribution in [3.8, 4) is 6.07 Å². The van der Waals surface area contributed by atoms with E-state index in [2.05, 4.69) is 4.72 Å². The van der Waals surface area contributed by atoms with Crippen molar-refractivity contribution in [2.24, 2.45) is 0 Å². The number of nitrogens with one attached hydrogen (secondary N) is 2. The van der Waals surface area contributed by atoms with E-state index in [-0.39, 0.29) is 6.54 Å². The number of hydrogen-bond acceptors (Lipinski definition) is 3. The average Bonchev–Trinajstić information content (AvgIpc) is 1.84. The van der Waals surface area contributed by atoms with Gasteiger partial charge in [0.15, 0.2) is 0 Å². The zero-order valence-corrected chi connectivity index (χ0v) is 6.40. The maximum atomic E-state index is 10.6. The minimum absolute atomic E-state index is 0.199. The fraction of sp³-hybridized carbons (Fsp3) is 0.750. The van der Waals surface area contributed by atoms with Gasteiger partial charge in [-0.1, -0.05) is 6.92 Å². The first-order chi connectivity index (χ1) is 4.62. The molecule has 0 bridgehead atoms. The maximum absolute atomic E-state index is 10.6. The smallest absolute Gasteiger partial charge is 0.203 e. The molecular weight excluding hydrogens is 154 g/mol. The monoisotopic (exact) mass is 163 g/mol. The normalized spacial score (nSPS) is 10.8. The number of nitrogens with zero attached hydrogens (tertiary/aromatic N) is 1. The van der Waals surface area contributed by atoms with Crippen molar-refractivity contribution in [3.05, 3.63) is 0 Å². The number of rotatable bonds is 4. The minimum atomic E-state index is -3.42. The van der Waals surface area contributed by atoms with Crippen LogP contribution in [-0.4, -0.2) is 21.5 Å². The fourth-order valence-corrected chi connectivity index (χ4v) is 1.11. The second-order valence-electron chi connectivity index (χ2n) is 1.48. The molecule has 0 unspecified atom stereocenters. The van der Waals surface area contributed by atoms with Crippen LogP contribution in [0.15, 0.2) is 0 Å². The molecule has 0 aliphatic rings. The molecule has 0 rings (SSSR count). The molecule has 58 valence electrons. The van der Waals surface area contributed by atoms with Gasteiger partial charge in [-0.2, -0.15) is 18.4 Å². The Hall–Kier alpha value is -0.640. The third-order valence-electron chi connectivity index (χ3n) is 0.676. The lowest BCUT2D eigenvalue weighted by Crippen LogP contribution is -2.36. The highest BCUT2D eigenvalue weighted by atomic mass is 32.2. The van der Waals surface area contributed by atoms with Gasteiger partial charge in [0.1, 0.15) is 0 Å². The molecule has 0 aliphatic heterocycles. The summed E-state index contributed by atoms with van der Waals surface area (Å²) >= 11 is 0. The molecule has 6 heteroatoms. The Morgan fingerprint density at radius 3 is 2.50 bits per heavy atom. The molecule has 5 nitrogen and oxygen atoms in total. The molecule has 0 saturated carbocycles. The highest BCUT2D eigenvalue weighted by Gasteiger charge is 2.03. The highest BCUT2D eigenvalue weighted by Crippen LogP contribution is 1.72. The molecular formula is C4H9N3O2S. The van der Waals surface area contributed by atoms with Crippen molar-refractivity contribution in [1.82, 2.24) is 9.44 Å². The fourth-order valence-electron chi connectivity index (χ4n) is 0.368. The molecule has 0 aromatic rings. The summed E-state index contributed by atoms with van der Waals surface area (Å²) in [6.45, 7) is 1.78. The molecule has 0 aliphatic carbocycles. The minimum Gasteiger partial charge on any atom is -0.203 e. The highest BCUT2D eigenvalue weighted by molar-refractivity contribution is 7.87. The van der Waals surface area contributed by atoms with Gasteiger partial charge in [0.05, 0.1) is 12.6 Å². The molecule has 0 heterocycles. The lowest BCUT2D eigenvalue weighted by Gasteiger charge is -2.00. The van der Waals surface area contributed by atoms with Crippen LogP contribution in [0.5, 0.6) is 0 Å². The number of hydrogen-bond donors (Lipinski definition) is 2. The second kappa shape index (κ2) is 4.22. The van der Waals surface area contributed by atoms with E-state index in [0.29, 0.717) is 6.54 Å². The first-order valence-corrected chi connectivity index (χ1v) is 4.22. The Morgan fingerprint density at radius 2 is 2.10 bits per heavy atom. The van der Waals surface area contributed by atoms with E-state index in [1.54, 1.807) is 13.0 Å². The van der Waals surface area contributed by atoms with Gasteiger partial charge in [-0.3, -0.25) is 0 Å². The molecule has 2 N–H and O–H groups in total. The van der Waals surface area contributed by atoms with E-state index >= 15 is 0 Å². The Labute approximate surface area is 60.2 Å². The molecule has 0 radical (unpaired) electrons. The summed E-state index contributed by atoms with van der Waals surface area (Å²) < 4.78 is 25.4. The third-order valence-corrected chi connectivity index (χ3v) is 1.87. The Bertz CT molecular complexity index is 215. The van der Waals surface area contributed by atoms with Crippen molar-refractivity contribution in [3.63, 3.8) is 0 Å². The topological polar surface area (TPSA) is 82.0 Å². The molecule has 0 aromatic heterocycles. The first kappa shape index (κ1) is 9.36. The van der Waals surface area contributed by atoms with Crippen LogP contribution in [0.3, 0.4) is 0 Å². The summed E-state index contributed by atoms with van der Waals surface area (Å²) in [4.78, 5) is 0. The van der Waals surface area contributed by atoms with Crippen LogP contribution in [-0.2, 0) is 10.2 Å². The van der Waals surface area contributed by atoms with E-state index in [4.69, 9.17) is 5.26 Å². The molecule has 0 saturated heterocycles. The molecule has 0 fully saturated rings. The van der Waals surface area contributed by atoms with Crippen molar-refractivity contribution in [2.75, 3.05) is 13.1 Å². The number of nitriles is 1. The summed E-state index contributed by atoms with van der Waals surface area (Å²) in [5.74, 6) is 0. The zero-order valence-electron chi connectivity index (χ0n) is 5.59. The van der Waals surface area contributed by atoms with E-state index < -0.39 is 10.2 Å². The van der Waals surface area contributed by atoms with E-state index in [0.717, 1.165) is 0 Å². The van der Waals surface area contributed by atoms with Crippen LogP contribution in [0.2, 0.25) is 0 Å². The lowest BCUT2D eigenvalue weighted by atomic mass is 10.8. The lowest BCUT2D eigenvalue weighted by molar-refractivity contribution is 0.573. The summed E-state index contributed by atoms with van der Waals surface area (Å²) in [6.07, 6.45) is 0. The Morgan fingerprint density at radius 1 is 1.50 bits per heavy atom. The van der Waals surface area contributed by atoms with Gasteiger partial charge in [-0.05, 0) is 0 Å². The second-order valence-corrected chi connectivity index (χ2v) is 3.06. The zero-order chi connectivity index (χ0) is 8.04. The van der Waals surface area contributed by atoms with Crippen LogP contribution in [0.25, 0.3) is 0 Å². The van der Waals surface area contributed by atoms with Crippen LogP contribution < -0.4 is 9.44 Å². The van der Waals surface area contributed by atoms with Gasteiger partial charge in [-0.25, -0.2) is 4.72 Å². The largest absolute Gasteiger partial charge is 0.277 e. The first-order valence-electron chi connectivity index (χ1n) is 2.73. The molecule has 0 amide bonds. The van der Waals surface area contributed by atoms with Crippen molar-refractivity contribution < 1.29 is 8.42 Å². The third kappa shape index (κ3) is 4.26. The Balaban J connectivity index is 3.80. The predicted octanol–water partition coefficient (Wildman–Crippen LogP) is -1.05. The summed E-state index contributed by atoms with van der Waals surface area (Å²) in [7, 11) is -3.42. The van der Waals surface area contributed by atoms with Crippen LogP contribution in [0.1, 0.15) is 6.92 Å². The van der Waals surface area contributed by atoms with Gasteiger partial charge in [0, 0.05) is 6.54 Å². The van der Waals surface area contributed by atoms with Gasteiger partial charge >= 0.3 is 0 Å². The maximum Gasteiger partial charge on any atom is 0.277 e. The van der Waals surface area contributed by atoms with Gasteiger partial charge < -0.3 is 0 Å². The van der Waals surface area contributed by atoms with Gasteiger partial charge in [0.25, 0.3) is 10.2 Å².